The third-order valence-corrected chi connectivity index (χ3v) is 8.07. The summed E-state index contributed by atoms with van der Waals surface area (Å²) in [4.78, 5) is 51.6. The van der Waals surface area contributed by atoms with Crippen LogP contribution in [0.3, 0.4) is 0 Å². The minimum absolute atomic E-state index is 0.104. The minimum atomic E-state index is -1.16. The number of carboxylic acid groups (broad SMARTS) is 1. The lowest BCUT2D eigenvalue weighted by Gasteiger charge is -2.24. The summed E-state index contributed by atoms with van der Waals surface area (Å²) >= 11 is 0. The molecule has 0 spiro atoms. The molecule has 46 heavy (non-hydrogen) atoms. The van der Waals surface area contributed by atoms with Crippen molar-refractivity contribution < 1.29 is 33.7 Å². The fraction of sp³-hybridized carbons (Fsp3) is 0.371. The van der Waals surface area contributed by atoms with Gasteiger partial charge in [-0.15, -0.1) is 0 Å². The van der Waals surface area contributed by atoms with Crippen LogP contribution in [0.5, 0.6) is 17.2 Å². The van der Waals surface area contributed by atoms with Gasteiger partial charge in [-0.2, -0.15) is 0 Å². The molecule has 4 rings (SSSR count). The van der Waals surface area contributed by atoms with E-state index in [1.54, 1.807) is 50.2 Å². The molecule has 3 unspecified atom stereocenters. The maximum Gasteiger partial charge on any atom is 0.326 e. The van der Waals surface area contributed by atoms with Crippen molar-refractivity contribution in [3.05, 3.63) is 81.5 Å². The molecule has 244 valence electrons. The van der Waals surface area contributed by atoms with Crippen molar-refractivity contribution in [2.24, 2.45) is 5.92 Å². The number of methoxy groups -OCH3 is 3. The number of carbonyl (C=O) groups is 3. The van der Waals surface area contributed by atoms with Gasteiger partial charge >= 0.3 is 5.97 Å². The molecule has 3 atom stereocenters. The third kappa shape index (κ3) is 7.42. The Labute approximate surface area is 268 Å². The standard InChI is InChI=1S/C35H41N3O8/c1-19(2)31(34(41)38-27(35(42)43)16-21-10-8-7-9-11-21)37-26-15-13-23-24(18-28(26)40)25(36-20(3)39)14-12-22-17-29(44-4)32(45-5)33(46-6)30(22)23/h7-11,13,15,17-19,25,27,31H,12,14,16H2,1-6H3,(H,36,39)(H,37,40)(H,38,41)(H,42,43). The molecule has 0 radical (unpaired) electrons. The molecule has 0 aliphatic heterocycles. The van der Waals surface area contributed by atoms with Crippen LogP contribution in [0.1, 0.15) is 49.9 Å². The van der Waals surface area contributed by atoms with E-state index >= 15 is 0 Å². The summed E-state index contributed by atoms with van der Waals surface area (Å²) in [5, 5.41) is 18.6. The molecule has 0 aromatic heterocycles. The number of ether oxygens (including phenoxy) is 3. The van der Waals surface area contributed by atoms with Crippen molar-refractivity contribution in [3.8, 4) is 28.4 Å². The largest absolute Gasteiger partial charge is 0.493 e. The first-order valence-corrected chi connectivity index (χ1v) is 15.1. The molecule has 0 heterocycles. The zero-order valence-corrected chi connectivity index (χ0v) is 26.9. The first kappa shape index (κ1) is 33.8. The SMILES string of the molecule is COc1cc2c(c(OC)c1OC)-c1ccc(NC(C(=O)NC(Cc3ccccc3)C(=O)O)C(C)C)c(=O)cc1C(NC(C)=O)CC2. The Morgan fingerprint density at radius 1 is 0.957 bits per heavy atom. The molecule has 0 saturated heterocycles. The monoisotopic (exact) mass is 631 g/mol. The first-order chi connectivity index (χ1) is 22.0. The van der Waals surface area contributed by atoms with Crippen molar-refractivity contribution in [2.45, 2.75) is 58.2 Å². The lowest BCUT2D eigenvalue weighted by Crippen LogP contribution is -2.50. The van der Waals surface area contributed by atoms with Crippen LogP contribution in [0.4, 0.5) is 5.69 Å². The lowest BCUT2D eigenvalue weighted by atomic mass is 9.95. The van der Waals surface area contributed by atoms with E-state index < -0.39 is 35.4 Å². The van der Waals surface area contributed by atoms with Gasteiger partial charge in [0.05, 0.1) is 33.1 Å². The molecule has 11 nitrogen and oxygen atoms in total. The smallest absolute Gasteiger partial charge is 0.326 e. The minimum Gasteiger partial charge on any atom is -0.493 e. The maximum absolute atomic E-state index is 13.8. The number of carboxylic acids is 1. The maximum atomic E-state index is 13.8. The number of benzene rings is 2. The summed E-state index contributed by atoms with van der Waals surface area (Å²) in [6, 6.07) is 13.1. The average Bonchev–Trinajstić information content (AvgIpc) is 3.26. The summed E-state index contributed by atoms with van der Waals surface area (Å²) in [5.74, 6) is -0.969. The number of nitrogens with one attached hydrogen (secondary N) is 3. The van der Waals surface area contributed by atoms with Gasteiger partial charge in [0, 0.05) is 18.9 Å². The van der Waals surface area contributed by atoms with E-state index in [1.807, 2.05) is 12.1 Å². The van der Waals surface area contributed by atoms with Crippen LogP contribution in [0.15, 0.2) is 59.4 Å². The summed E-state index contributed by atoms with van der Waals surface area (Å²) in [6.45, 7) is 5.03. The first-order valence-electron chi connectivity index (χ1n) is 15.1. The second-order valence-corrected chi connectivity index (χ2v) is 11.6. The van der Waals surface area contributed by atoms with Crippen molar-refractivity contribution >= 4 is 23.5 Å². The number of aryl methyl sites for hydroxylation is 1. The van der Waals surface area contributed by atoms with Gasteiger partial charge < -0.3 is 35.3 Å². The van der Waals surface area contributed by atoms with Gasteiger partial charge in [-0.1, -0.05) is 50.2 Å². The Balaban J connectivity index is 1.78. The van der Waals surface area contributed by atoms with Crippen LogP contribution in [-0.2, 0) is 27.2 Å². The summed E-state index contributed by atoms with van der Waals surface area (Å²) < 4.78 is 17.1. The molecule has 1 aliphatic carbocycles. The number of fused-ring (bicyclic) bond motifs is 3. The van der Waals surface area contributed by atoms with Crippen LogP contribution in [0.2, 0.25) is 0 Å². The molecule has 4 N–H and O–H groups in total. The average molecular weight is 632 g/mol. The lowest BCUT2D eigenvalue weighted by molar-refractivity contribution is -0.142. The normalized spacial score (nSPS) is 14.9. The van der Waals surface area contributed by atoms with E-state index in [2.05, 4.69) is 16.0 Å². The number of aliphatic carboxylic acids is 1. The molecule has 1 aliphatic rings. The van der Waals surface area contributed by atoms with Crippen LogP contribution in [0, 0.1) is 5.92 Å². The highest BCUT2D eigenvalue weighted by Crippen LogP contribution is 2.50. The van der Waals surface area contributed by atoms with E-state index in [0.29, 0.717) is 46.8 Å². The highest BCUT2D eigenvalue weighted by atomic mass is 16.5. The number of carbonyl (C=O) groups excluding carboxylic acids is 2. The van der Waals surface area contributed by atoms with Crippen LogP contribution in [0.25, 0.3) is 11.1 Å². The second-order valence-electron chi connectivity index (χ2n) is 11.6. The highest BCUT2D eigenvalue weighted by Gasteiger charge is 2.31. The van der Waals surface area contributed by atoms with Crippen LogP contribution < -0.4 is 35.6 Å². The number of hydrogen-bond donors (Lipinski definition) is 4. The molecule has 2 amide bonds. The predicted octanol–water partition coefficient (Wildman–Crippen LogP) is 4.11. The summed E-state index contributed by atoms with van der Waals surface area (Å²) in [5.41, 5.74) is 3.31. The highest BCUT2D eigenvalue weighted by molar-refractivity contribution is 5.89. The Morgan fingerprint density at radius 2 is 1.65 bits per heavy atom. The molecule has 11 heteroatoms. The van der Waals surface area contributed by atoms with E-state index in [-0.39, 0.29) is 23.9 Å². The van der Waals surface area contributed by atoms with Crippen molar-refractivity contribution in [1.82, 2.24) is 10.6 Å². The van der Waals surface area contributed by atoms with E-state index in [1.165, 1.54) is 34.3 Å². The Kier molecular flexibility index (Phi) is 10.9. The Morgan fingerprint density at radius 3 is 2.24 bits per heavy atom. The molecule has 0 fully saturated rings. The van der Waals surface area contributed by atoms with Crippen molar-refractivity contribution in [2.75, 3.05) is 26.6 Å². The number of hydrogen-bond acceptors (Lipinski definition) is 8. The van der Waals surface area contributed by atoms with Crippen LogP contribution in [-0.4, -0.2) is 56.3 Å². The third-order valence-electron chi connectivity index (χ3n) is 8.07. The molecule has 3 aromatic carbocycles. The van der Waals surface area contributed by atoms with Crippen LogP contribution >= 0.6 is 0 Å². The van der Waals surface area contributed by atoms with Gasteiger partial charge in [0.1, 0.15) is 12.1 Å². The molecular formula is C35H41N3O8. The van der Waals surface area contributed by atoms with Gasteiger partial charge in [-0.05, 0) is 59.2 Å². The Bertz CT molecular complexity index is 1660. The summed E-state index contributed by atoms with van der Waals surface area (Å²) in [6.07, 6.45) is 1.16. The predicted molar refractivity (Wildman–Crippen MR) is 175 cm³/mol. The fourth-order valence-corrected chi connectivity index (χ4v) is 5.84. The van der Waals surface area contributed by atoms with E-state index in [0.717, 1.165) is 11.1 Å². The number of anilines is 1. The zero-order valence-electron chi connectivity index (χ0n) is 26.9. The van der Waals surface area contributed by atoms with Gasteiger partial charge in [0.15, 0.2) is 11.5 Å². The zero-order chi connectivity index (χ0) is 33.5. The molecule has 0 saturated carbocycles. The topological polar surface area (TPSA) is 152 Å². The van der Waals surface area contributed by atoms with E-state index in [9.17, 15) is 24.3 Å². The van der Waals surface area contributed by atoms with Gasteiger partial charge in [-0.25, -0.2) is 4.79 Å². The van der Waals surface area contributed by atoms with Gasteiger partial charge in [0.2, 0.25) is 23.0 Å². The van der Waals surface area contributed by atoms with Crippen molar-refractivity contribution in [1.29, 1.82) is 0 Å². The quantitative estimate of drug-likeness (QED) is 0.231. The number of rotatable bonds is 12. The fourth-order valence-electron chi connectivity index (χ4n) is 5.84. The summed E-state index contributed by atoms with van der Waals surface area (Å²) in [7, 11) is 4.58. The molecule has 0 bridgehead atoms. The van der Waals surface area contributed by atoms with Gasteiger partial charge in [0.25, 0.3) is 0 Å². The van der Waals surface area contributed by atoms with Gasteiger partial charge in [-0.3, -0.25) is 14.4 Å². The second kappa shape index (κ2) is 14.8. The van der Waals surface area contributed by atoms with E-state index in [4.69, 9.17) is 14.2 Å². The number of amides is 2. The molecular weight excluding hydrogens is 590 g/mol. The Hall–Kier alpha value is -5.06. The molecule has 3 aromatic rings. The van der Waals surface area contributed by atoms with Crippen molar-refractivity contribution in [3.63, 3.8) is 0 Å².